The summed E-state index contributed by atoms with van der Waals surface area (Å²) in [4.78, 5) is 3.95. The maximum atomic E-state index is 12.9. The van der Waals surface area contributed by atoms with E-state index in [1.54, 1.807) is 18.2 Å². The Morgan fingerprint density at radius 3 is 2.17 bits per heavy atom. The van der Waals surface area contributed by atoms with Crippen LogP contribution in [-0.2, 0) is 15.4 Å². The largest absolute Gasteiger partial charge is 0.421 e. The lowest BCUT2D eigenvalue weighted by atomic mass is 9.96. The third-order valence-electron chi connectivity index (χ3n) is 4.45. The third kappa shape index (κ3) is 4.01. The van der Waals surface area contributed by atoms with Crippen LogP contribution in [0, 0.1) is 0 Å². The molecule has 152 valence electrons. The summed E-state index contributed by atoms with van der Waals surface area (Å²) in [7, 11) is -3.82. The summed E-state index contributed by atoms with van der Waals surface area (Å²) in [6.07, 6.45) is -3.93. The van der Waals surface area contributed by atoms with Gasteiger partial charge in [0.1, 0.15) is 0 Å². The topological polar surface area (TPSA) is 67.3 Å². The zero-order valence-electron chi connectivity index (χ0n) is 15.0. The monoisotopic (exact) mass is 441 g/mol. The van der Waals surface area contributed by atoms with Crippen molar-refractivity contribution in [1.29, 1.82) is 0 Å². The van der Waals surface area contributed by atoms with Crippen LogP contribution in [0.2, 0.25) is 5.02 Å². The van der Waals surface area contributed by atoms with Gasteiger partial charge in [0, 0.05) is 17.3 Å². The van der Waals surface area contributed by atoms with Crippen LogP contribution in [0.1, 0.15) is 12.5 Å². The van der Waals surface area contributed by atoms with Crippen LogP contribution in [0.3, 0.4) is 0 Å². The van der Waals surface area contributed by atoms with Crippen molar-refractivity contribution in [2.24, 2.45) is 0 Å². The average Bonchev–Trinajstić information content (AvgIpc) is 2.67. The Bertz CT molecular complexity index is 1130. The number of aromatic nitrogens is 1. The number of benzene rings is 2. The summed E-state index contributed by atoms with van der Waals surface area (Å²) >= 11 is 6.18. The van der Waals surface area contributed by atoms with Gasteiger partial charge >= 0.3 is 6.18 Å². The summed E-state index contributed by atoms with van der Waals surface area (Å²) in [5.74, 6) is 0. The number of halogens is 4. The van der Waals surface area contributed by atoms with Crippen molar-refractivity contribution in [2.75, 3.05) is 0 Å². The molecule has 29 heavy (non-hydrogen) atoms. The van der Waals surface area contributed by atoms with Gasteiger partial charge in [0.2, 0.25) is 9.84 Å². The molecule has 0 saturated carbocycles. The second-order valence-corrected chi connectivity index (χ2v) is 8.79. The van der Waals surface area contributed by atoms with Gasteiger partial charge < -0.3 is 5.11 Å². The molecule has 3 rings (SSSR count). The molecule has 0 aliphatic rings. The van der Waals surface area contributed by atoms with Crippen LogP contribution in [0.4, 0.5) is 13.2 Å². The zero-order valence-corrected chi connectivity index (χ0v) is 16.6. The quantitative estimate of drug-likeness (QED) is 0.618. The molecule has 0 amide bonds. The SMILES string of the molecule is CC(O)(c1ccc(-c2ccc(S(=O)(=O)c3ccccc3)c(Cl)c2)nc1)C(F)(F)F. The normalized spacial score (nSPS) is 14.4. The van der Waals surface area contributed by atoms with Gasteiger partial charge in [-0.1, -0.05) is 41.9 Å². The van der Waals surface area contributed by atoms with Crippen molar-refractivity contribution in [2.45, 2.75) is 28.5 Å². The minimum absolute atomic E-state index is 0.0421. The number of rotatable bonds is 4. The molecule has 0 bridgehead atoms. The Hall–Kier alpha value is -2.42. The second kappa shape index (κ2) is 7.44. The van der Waals surface area contributed by atoms with Crippen molar-refractivity contribution in [3.63, 3.8) is 0 Å². The standard InChI is InChI=1S/C20H15ClF3NO3S/c1-19(26,20(22,23)24)14-8-9-17(25-12-14)13-7-10-18(16(21)11-13)29(27,28)15-5-3-2-4-6-15/h2-12,26H,1H3. The fraction of sp³-hybridized carbons (Fsp3) is 0.150. The van der Waals surface area contributed by atoms with E-state index in [0.717, 1.165) is 12.3 Å². The maximum absolute atomic E-state index is 12.9. The lowest BCUT2D eigenvalue weighted by Crippen LogP contribution is -2.39. The van der Waals surface area contributed by atoms with Gasteiger partial charge in [0.05, 0.1) is 20.5 Å². The molecular formula is C20H15ClF3NO3S. The molecule has 1 unspecified atom stereocenters. The Morgan fingerprint density at radius 2 is 1.66 bits per heavy atom. The minimum atomic E-state index is -4.85. The zero-order chi connectivity index (χ0) is 21.4. The van der Waals surface area contributed by atoms with E-state index in [0.29, 0.717) is 12.5 Å². The molecule has 1 atom stereocenters. The molecule has 0 radical (unpaired) electrons. The minimum Gasteiger partial charge on any atom is -0.376 e. The predicted molar refractivity (Wildman–Crippen MR) is 102 cm³/mol. The van der Waals surface area contributed by atoms with Crippen molar-refractivity contribution >= 4 is 21.4 Å². The summed E-state index contributed by atoms with van der Waals surface area (Å²) in [5.41, 5.74) is -2.76. The van der Waals surface area contributed by atoms with Gasteiger partial charge in [-0.05, 0) is 37.3 Å². The van der Waals surface area contributed by atoms with Crippen molar-refractivity contribution in [3.05, 3.63) is 77.4 Å². The molecule has 1 heterocycles. The fourth-order valence-corrected chi connectivity index (χ4v) is 4.44. The third-order valence-corrected chi connectivity index (χ3v) is 6.70. The Labute approximate surface area is 170 Å². The maximum Gasteiger partial charge on any atom is 0.421 e. The summed E-state index contributed by atoms with van der Waals surface area (Å²) < 4.78 is 64.3. The molecule has 2 aromatic carbocycles. The molecular weight excluding hydrogens is 427 g/mol. The Balaban J connectivity index is 1.95. The van der Waals surface area contributed by atoms with E-state index < -0.39 is 27.2 Å². The second-order valence-electron chi connectivity index (χ2n) is 6.46. The van der Waals surface area contributed by atoms with Gasteiger partial charge in [0.25, 0.3) is 0 Å². The highest BCUT2D eigenvalue weighted by molar-refractivity contribution is 7.91. The Kier molecular flexibility index (Phi) is 5.46. The molecule has 0 saturated heterocycles. The van der Waals surface area contributed by atoms with E-state index in [9.17, 15) is 26.7 Å². The van der Waals surface area contributed by atoms with Gasteiger partial charge in [-0.2, -0.15) is 13.2 Å². The number of sulfone groups is 1. The first-order valence-electron chi connectivity index (χ1n) is 8.30. The first-order chi connectivity index (χ1) is 13.4. The predicted octanol–water partition coefficient (Wildman–Crippen LogP) is 5.00. The molecule has 0 spiro atoms. The van der Waals surface area contributed by atoms with Crippen LogP contribution in [-0.4, -0.2) is 24.7 Å². The van der Waals surface area contributed by atoms with Crippen LogP contribution in [0.25, 0.3) is 11.3 Å². The van der Waals surface area contributed by atoms with Gasteiger partial charge in [-0.15, -0.1) is 0 Å². The van der Waals surface area contributed by atoms with Crippen molar-refractivity contribution in [3.8, 4) is 11.3 Å². The highest BCUT2D eigenvalue weighted by Gasteiger charge is 2.51. The van der Waals surface area contributed by atoms with Crippen LogP contribution >= 0.6 is 11.6 Å². The van der Waals surface area contributed by atoms with Crippen molar-refractivity contribution < 1.29 is 26.7 Å². The van der Waals surface area contributed by atoms with E-state index in [4.69, 9.17) is 11.6 Å². The molecule has 1 N–H and O–H groups in total. The van der Waals surface area contributed by atoms with Gasteiger partial charge in [-0.25, -0.2) is 8.42 Å². The van der Waals surface area contributed by atoms with Crippen molar-refractivity contribution in [1.82, 2.24) is 4.98 Å². The van der Waals surface area contributed by atoms with E-state index in [1.807, 2.05) is 0 Å². The Morgan fingerprint density at radius 1 is 1.00 bits per heavy atom. The smallest absolute Gasteiger partial charge is 0.376 e. The number of aliphatic hydroxyl groups is 1. The van der Waals surface area contributed by atoms with Crippen LogP contribution < -0.4 is 0 Å². The molecule has 1 aromatic heterocycles. The molecule has 9 heteroatoms. The lowest BCUT2D eigenvalue weighted by Gasteiger charge is -2.26. The summed E-state index contributed by atoms with van der Waals surface area (Å²) in [5, 5.41) is 9.67. The van der Waals surface area contributed by atoms with Gasteiger partial charge in [0.15, 0.2) is 5.60 Å². The van der Waals surface area contributed by atoms with E-state index in [1.165, 1.54) is 36.4 Å². The van der Waals surface area contributed by atoms with E-state index >= 15 is 0 Å². The molecule has 3 aromatic rings. The van der Waals surface area contributed by atoms with Crippen LogP contribution in [0.15, 0.2) is 76.7 Å². The first kappa shape index (κ1) is 21.3. The summed E-state index contributed by atoms with van der Waals surface area (Å²) in [6, 6.07) is 14.3. The molecule has 4 nitrogen and oxygen atoms in total. The number of alkyl halides is 3. The van der Waals surface area contributed by atoms with E-state index in [2.05, 4.69) is 4.98 Å². The number of nitrogens with zero attached hydrogens (tertiary/aromatic N) is 1. The molecule has 0 aliphatic heterocycles. The van der Waals surface area contributed by atoms with Crippen LogP contribution in [0.5, 0.6) is 0 Å². The molecule has 0 aliphatic carbocycles. The summed E-state index contributed by atoms with van der Waals surface area (Å²) in [6.45, 7) is 0.643. The lowest BCUT2D eigenvalue weighted by molar-refractivity contribution is -0.259. The highest BCUT2D eigenvalue weighted by Crippen LogP contribution is 2.38. The average molecular weight is 442 g/mol. The van der Waals surface area contributed by atoms with Gasteiger partial charge in [-0.3, -0.25) is 4.98 Å². The number of hydrogen-bond donors (Lipinski definition) is 1. The van der Waals surface area contributed by atoms with E-state index in [-0.39, 0.29) is 20.5 Å². The fourth-order valence-electron chi connectivity index (χ4n) is 2.62. The highest BCUT2D eigenvalue weighted by atomic mass is 35.5. The number of hydrogen-bond acceptors (Lipinski definition) is 4. The molecule has 0 fully saturated rings. The first-order valence-corrected chi connectivity index (χ1v) is 10.2. The number of pyridine rings is 1.